The Morgan fingerprint density at radius 1 is 1.53 bits per heavy atom. The summed E-state index contributed by atoms with van der Waals surface area (Å²) in [7, 11) is 1.91. The average molecular weight is 455 g/mol. The van der Waals surface area contributed by atoms with Crippen LogP contribution in [0.25, 0.3) is 0 Å². The van der Waals surface area contributed by atoms with E-state index in [2.05, 4.69) is 74.1 Å². The number of hydrogen-bond donors (Lipinski definition) is 1. The van der Waals surface area contributed by atoms with Crippen molar-refractivity contribution in [2.45, 2.75) is 13.0 Å². The van der Waals surface area contributed by atoms with Crippen LogP contribution in [0.15, 0.2) is 28.9 Å². The van der Waals surface area contributed by atoms with Crippen LogP contribution in [-0.2, 0) is 7.05 Å². The van der Waals surface area contributed by atoms with E-state index in [-0.39, 0.29) is 6.04 Å². The number of nitrogens with zero attached hydrogens (tertiary/aromatic N) is 2. The van der Waals surface area contributed by atoms with Crippen molar-refractivity contribution >= 4 is 50.1 Å². The van der Waals surface area contributed by atoms with Gasteiger partial charge in [0.25, 0.3) is 0 Å². The van der Waals surface area contributed by atoms with Gasteiger partial charge in [-0.15, -0.1) is 0 Å². The predicted octanol–water partition coefficient (Wildman–Crippen LogP) is 4.14. The largest absolute Gasteiger partial charge is 0.305 e. The molecule has 2 rings (SSSR count). The van der Waals surface area contributed by atoms with Crippen LogP contribution < -0.4 is 5.32 Å². The SMILES string of the molecule is CCNC(c1cc(I)ccc1Br)c1c(Cl)cnn1C. The Hall–Kier alpha value is -0.110. The Morgan fingerprint density at radius 3 is 2.84 bits per heavy atom. The first kappa shape index (κ1) is 15.3. The molecule has 0 radical (unpaired) electrons. The topological polar surface area (TPSA) is 29.9 Å². The van der Waals surface area contributed by atoms with Crippen LogP contribution in [0.2, 0.25) is 5.02 Å². The average Bonchev–Trinajstić information content (AvgIpc) is 2.70. The molecule has 0 aliphatic carbocycles. The van der Waals surface area contributed by atoms with E-state index in [0.29, 0.717) is 5.02 Å². The molecular weight excluding hydrogens is 440 g/mol. The first-order valence-electron chi connectivity index (χ1n) is 5.90. The minimum Gasteiger partial charge on any atom is -0.305 e. The normalized spacial score (nSPS) is 12.7. The molecule has 19 heavy (non-hydrogen) atoms. The minimum absolute atomic E-state index is 0.0223. The van der Waals surface area contributed by atoms with E-state index in [1.807, 2.05) is 11.7 Å². The third-order valence-electron chi connectivity index (χ3n) is 2.89. The second-order valence-corrected chi connectivity index (χ2v) is 6.67. The van der Waals surface area contributed by atoms with Crippen molar-refractivity contribution in [3.63, 3.8) is 0 Å². The Labute approximate surface area is 140 Å². The second kappa shape index (κ2) is 6.56. The van der Waals surface area contributed by atoms with E-state index in [1.165, 1.54) is 9.13 Å². The fourth-order valence-corrected chi connectivity index (χ4v) is 3.30. The van der Waals surface area contributed by atoms with E-state index >= 15 is 0 Å². The summed E-state index contributed by atoms with van der Waals surface area (Å²) in [6.07, 6.45) is 1.68. The molecule has 102 valence electrons. The fraction of sp³-hybridized carbons (Fsp3) is 0.308. The maximum Gasteiger partial charge on any atom is 0.0837 e. The van der Waals surface area contributed by atoms with Crippen LogP contribution in [0.3, 0.4) is 0 Å². The lowest BCUT2D eigenvalue weighted by Crippen LogP contribution is -2.25. The molecule has 0 saturated heterocycles. The third kappa shape index (κ3) is 3.32. The summed E-state index contributed by atoms with van der Waals surface area (Å²) < 4.78 is 4.08. The molecule has 2 aromatic rings. The number of aryl methyl sites for hydroxylation is 1. The molecule has 0 fully saturated rings. The van der Waals surface area contributed by atoms with Crippen LogP contribution in [0.1, 0.15) is 24.2 Å². The second-order valence-electron chi connectivity index (χ2n) is 4.16. The Kier molecular flexibility index (Phi) is 5.28. The van der Waals surface area contributed by atoms with Gasteiger partial charge in [0, 0.05) is 15.1 Å². The zero-order valence-corrected chi connectivity index (χ0v) is 15.1. The molecule has 6 heteroatoms. The number of benzene rings is 1. The van der Waals surface area contributed by atoms with Crippen LogP contribution in [0.5, 0.6) is 0 Å². The molecule has 0 amide bonds. The number of aromatic nitrogens is 2. The van der Waals surface area contributed by atoms with E-state index in [4.69, 9.17) is 11.6 Å². The van der Waals surface area contributed by atoms with Crippen LogP contribution in [-0.4, -0.2) is 16.3 Å². The molecule has 1 aromatic heterocycles. The monoisotopic (exact) mass is 453 g/mol. The van der Waals surface area contributed by atoms with Crippen molar-refractivity contribution in [1.29, 1.82) is 0 Å². The van der Waals surface area contributed by atoms with E-state index in [9.17, 15) is 0 Å². The lowest BCUT2D eigenvalue weighted by molar-refractivity contribution is 0.571. The smallest absolute Gasteiger partial charge is 0.0837 e. The summed E-state index contributed by atoms with van der Waals surface area (Å²) in [5.41, 5.74) is 2.14. The van der Waals surface area contributed by atoms with Gasteiger partial charge in [-0.3, -0.25) is 4.68 Å². The highest BCUT2D eigenvalue weighted by molar-refractivity contribution is 14.1. The molecule has 0 aliphatic heterocycles. The van der Waals surface area contributed by atoms with Crippen molar-refractivity contribution in [3.05, 3.63) is 48.7 Å². The summed E-state index contributed by atoms with van der Waals surface area (Å²) in [6.45, 7) is 2.93. The van der Waals surface area contributed by atoms with Crippen molar-refractivity contribution in [1.82, 2.24) is 15.1 Å². The molecule has 0 spiro atoms. The lowest BCUT2D eigenvalue weighted by Gasteiger charge is -2.21. The Morgan fingerprint density at radius 2 is 2.26 bits per heavy atom. The highest BCUT2D eigenvalue weighted by Gasteiger charge is 2.22. The van der Waals surface area contributed by atoms with Gasteiger partial charge in [0.05, 0.1) is 23.0 Å². The van der Waals surface area contributed by atoms with Gasteiger partial charge < -0.3 is 5.32 Å². The lowest BCUT2D eigenvalue weighted by atomic mass is 10.0. The summed E-state index contributed by atoms with van der Waals surface area (Å²) >= 11 is 12.2. The maximum atomic E-state index is 6.28. The van der Waals surface area contributed by atoms with Crippen molar-refractivity contribution in [2.24, 2.45) is 7.05 Å². The third-order valence-corrected chi connectivity index (χ3v) is 4.57. The first-order valence-corrected chi connectivity index (χ1v) is 8.15. The summed E-state index contributed by atoms with van der Waals surface area (Å²) in [5.74, 6) is 0. The zero-order valence-electron chi connectivity index (χ0n) is 10.6. The quantitative estimate of drug-likeness (QED) is 0.704. The first-order chi connectivity index (χ1) is 9.04. The summed E-state index contributed by atoms with van der Waals surface area (Å²) in [6, 6.07) is 6.31. The van der Waals surface area contributed by atoms with E-state index in [0.717, 1.165) is 16.7 Å². The van der Waals surface area contributed by atoms with Gasteiger partial charge >= 0.3 is 0 Å². The van der Waals surface area contributed by atoms with Gasteiger partial charge in [0.15, 0.2) is 0 Å². The van der Waals surface area contributed by atoms with Crippen molar-refractivity contribution in [3.8, 4) is 0 Å². The summed E-state index contributed by atoms with van der Waals surface area (Å²) in [4.78, 5) is 0. The van der Waals surface area contributed by atoms with Crippen LogP contribution >= 0.6 is 50.1 Å². The molecule has 1 unspecified atom stereocenters. The summed E-state index contributed by atoms with van der Waals surface area (Å²) in [5, 5.41) is 8.38. The molecule has 3 nitrogen and oxygen atoms in total. The molecule has 0 bridgehead atoms. The van der Waals surface area contributed by atoms with E-state index < -0.39 is 0 Å². The van der Waals surface area contributed by atoms with Gasteiger partial charge in [-0.25, -0.2) is 0 Å². The van der Waals surface area contributed by atoms with Crippen LogP contribution in [0, 0.1) is 3.57 Å². The highest BCUT2D eigenvalue weighted by atomic mass is 127. The number of rotatable bonds is 4. The molecule has 1 heterocycles. The minimum atomic E-state index is 0.0223. The highest BCUT2D eigenvalue weighted by Crippen LogP contribution is 2.33. The van der Waals surface area contributed by atoms with E-state index in [1.54, 1.807) is 6.20 Å². The Balaban J connectivity index is 2.54. The van der Waals surface area contributed by atoms with Gasteiger partial charge in [-0.05, 0) is 52.9 Å². The van der Waals surface area contributed by atoms with Crippen molar-refractivity contribution < 1.29 is 0 Å². The number of hydrogen-bond acceptors (Lipinski definition) is 2. The number of nitrogens with one attached hydrogen (secondary N) is 1. The molecule has 1 aromatic carbocycles. The predicted molar refractivity (Wildman–Crippen MR) is 90.6 cm³/mol. The standard InChI is InChI=1S/C13H14BrClIN3/c1-3-17-12(13-11(15)7-18-19(13)2)9-6-8(16)4-5-10(9)14/h4-7,12,17H,3H2,1-2H3. The molecular formula is C13H14BrClIN3. The molecule has 0 aliphatic rings. The zero-order chi connectivity index (χ0) is 14.0. The van der Waals surface area contributed by atoms with Crippen molar-refractivity contribution in [2.75, 3.05) is 6.54 Å². The molecule has 0 saturated carbocycles. The van der Waals surface area contributed by atoms with Crippen LogP contribution in [0.4, 0.5) is 0 Å². The maximum absolute atomic E-state index is 6.28. The molecule has 1 N–H and O–H groups in total. The molecule has 1 atom stereocenters. The van der Waals surface area contributed by atoms with Gasteiger partial charge in [-0.1, -0.05) is 34.5 Å². The number of halogens is 3. The fourth-order valence-electron chi connectivity index (χ4n) is 2.04. The van der Waals surface area contributed by atoms with Gasteiger partial charge in [-0.2, -0.15) is 5.10 Å². The van der Waals surface area contributed by atoms with Gasteiger partial charge in [0.1, 0.15) is 0 Å². The van der Waals surface area contributed by atoms with Gasteiger partial charge in [0.2, 0.25) is 0 Å². The Bertz CT molecular complexity index is 566.